The third kappa shape index (κ3) is 2.07. The third-order valence-electron chi connectivity index (χ3n) is 2.68. The number of nitrogens with zero attached hydrogens (tertiary/aromatic N) is 2. The fourth-order valence-electron chi connectivity index (χ4n) is 1.77. The summed E-state index contributed by atoms with van der Waals surface area (Å²) in [5.41, 5.74) is 2.45. The molecule has 5 nitrogen and oxygen atoms in total. The van der Waals surface area contributed by atoms with Crippen molar-refractivity contribution in [3.8, 4) is 11.4 Å². The molecule has 1 heterocycles. The highest BCUT2D eigenvalue weighted by molar-refractivity contribution is 5.86. The predicted molar refractivity (Wildman–Crippen MR) is 66.5 cm³/mol. The summed E-state index contributed by atoms with van der Waals surface area (Å²) in [7, 11) is 1.57. The normalized spacial score (nSPS) is 10.4. The molecule has 1 N–H and O–H groups in total. The molecule has 0 unspecified atom stereocenters. The van der Waals surface area contributed by atoms with Crippen molar-refractivity contribution in [3.63, 3.8) is 0 Å². The maximum absolute atomic E-state index is 11.0. The van der Waals surface area contributed by atoms with Crippen LogP contribution in [0.25, 0.3) is 5.69 Å². The number of aromatic carboxylic acids is 1. The summed E-state index contributed by atoms with van der Waals surface area (Å²) in [5, 5.41) is 13.1. The lowest BCUT2D eigenvalue weighted by Crippen LogP contribution is -2.03. The standard InChI is InChI=1S/C13H14N2O3/c1-8-4-5-11(18-3)10(6-8)15-7-9(2)12(14-15)13(16)17/h4-7H,1-3H3,(H,16,17). The van der Waals surface area contributed by atoms with E-state index in [9.17, 15) is 4.79 Å². The Morgan fingerprint density at radius 1 is 1.39 bits per heavy atom. The summed E-state index contributed by atoms with van der Waals surface area (Å²) in [6.45, 7) is 3.67. The number of hydrogen-bond acceptors (Lipinski definition) is 3. The molecule has 0 saturated heterocycles. The van der Waals surface area contributed by atoms with E-state index in [2.05, 4.69) is 5.10 Å². The minimum absolute atomic E-state index is 0.0542. The third-order valence-corrected chi connectivity index (χ3v) is 2.68. The van der Waals surface area contributed by atoms with E-state index in [1.807, 2.05) is 25.1 Å². The van der Waals surface area contributed by atoms with Gasteiger partial charge in [-0.3, -0.25) is 0 Å². The minimum Gasteiger partial charge on any atom is -0.494 e. The van der Waals surface area contributed by atoms with Crippen LogP contribution in [0.15, 0.2) is 24.4 Å². The van der Waals surface area contributed by atoms with Crippen LogP contribution in [-0.4, -0.2) is 28.0 Å². The molecule has 0 bridgehead atoms. The van der Waals surface area contributed by atoms with Crippen molar-refractivity contribution in [1.82, 2.24) is 9.78 Å². The second kappa shape index (κ2) is 4.52. The monoisotopic (exact) mass is 246 g/mol. The molecule has 0 aliphatic heterocycles. The van der Waals surface area contributed by atoms with E-state index in [0.717, 1.165) is 11.3 Å². The topological polar surface area (TPSA) is 64.3 Å². The largest absolute Gasteiger partial charge is 0.494 e. The van der Waals surface area contributed by atoms with Crippen LogP contribution >= 0.6 is 0 Å². The summed E-state index contributed by atoms with van der Waals surface area (Å²) in [6, 6.07) is 5.66. The lowest BCUT2D eigenvalue weighted by molar-refractivity contribution is 0.0689. The smallest absolute Gasteiger partial charge is 0.356 e. The summed E-state index contributed by atoms with van der Waals surface area (Å²) in [4.78, 5) is 11.0. The molecule has 0 amide bonds. The van der Waals surface area contributed by atoms with Crippen molar-refractivity contribution in [1.29, 1.82) is 0 Å². The van der Waals surface area contributed by atoms with Crippen LogP contribution in [0, 0.1) is 13.8 Å². The number of aromatic nitrogens is 2. The fraction of sp³-hybridized carbons (Fsp3) is 0.231. The van der Waals surface area contributed by atoms with Crippen molar-refractivity contribution >= 4 is 5.97 Å². The van der Waals surface area contributed by atoms with Gasteiger partial charge < -0.3 is 9.84 Å². The maximum atomic E-state index is 11.0. The SMILES string of the molecule is COc1ccc(C)cc1-n1cc(C)c(C(=O)O)n1. The Labute approximate surface area is 105 Å². The number of rotatable bonds is 3. The second-order valence-corrected chi connectivity index (χ2v) is 4.09. The van der Waals surface area contributed by atoms with E-state index in [1.54, 1.807) is 20.2 Å². The van der Waals surface area contributed by atoms with Gasteiger partial charge in [0.2, 0.25) is 0 Å². The number of hydrogen-bond donors (Lipinski definition) is 1. The highest BCUT2D eigenvalue weighted by atomic mass is 16.5. The minimum atomic E-state index is -1.03. The van der Waals surface area contributed by atoms with Gasteiger partial charge in [0.25, 0.3) is 0 Å². The van der Waals surface area contributed by atoms with Gasteiger partial charge in [-0.2, -0.15) is 5.10 Å². The Balaban J connectivity index is 2.58. The number of carboxylic acid groups (broad SMARTS) is 1. The van der Waals surface area contributed by atoms with Crippen molar-refractivity contribution in [2.24, 2.45) is 0 Å². The molecule has 0 atom stereocenters. The molecule has 0 radical (unpaired) electrons. The van der Waals surface area contributed by atoms with Gasteiger partial charge in [-0.25, -0.2) is 9.48 Å². The van der Waals surface area contributed by atoms with Crippen molar-refractivity contribution < 1.29 is 14.6 Å². The second-order valence-electron chi connectivity index (χ2n) is 4.09. The Morgan fingerprint density at radius 2 is 2.11 bits per heavy atom. The summed E-state index contributed by atoms with van der Waals surface area (Å²) < 4.78 is 6.79. The highest BCUT2D eigenvalue weighted by Gasteiger charge is 2.15. The van der Waals surface area contributed by atoms with Gasteiger partial charge in [-0.05, 0) is 31.5 Å². The Kier molecular flexibility index (Phi) is 3.06. The van der Waals surface area contributed by atoms with E-state index in [4.69, 9.17) is 9.84 Å². The lowest BCUT2D eigenvalue weighted by Gasteiger charge is -2.09. The zero-order chi connectivity index (χ0) is 13.3. The molecular formula is C13H14N2O3. The molecule has 94 valence electrons. The summed E-state index contributed by atoms with van der Waals surface area (Å²) >= 11 is 0. The van der Waals surface area contributed by atoms with Crippen molar-refractivity contribution in [2.75, 3.05) is 7.11 Å². The number of methoxy groups -OCH3 is 1. The predicted octanol–water partition coefficient (Wildman–Crippen LogP) is 2.20. The highest BCUT2D eigenvalue weighted by Crippen LogP contribution is 2.24. The molecule has 2 rings (SSSR count). The average molecular weight is 246 g/mol. The molecule has 18 heavy (non-hydrogen) atoms. The van der Waals surface area contributed by atoms with Gasteiger partial charge in [0.15, 0.2) is 5.69 Å². The Bertz CT molecular complexity index is 602. The number of carbonyl (C=O) groups is 1. The van der Waals surface area contributed by atoms with Crippen molar-refractivity contribution in [2.45, 2.75) is 13.8 Å². The van der Waals surface area contributed by atoms with E-state index in [1.165, 1.54) is 4.68 Å². The van der Waals surface area contributed by atoms with Crippen LogP contribution in [0.2, 0.25) is 0 Å². The van der Waals surface area contributed by atoms with E-state index >= 15 is 0 Å². The lowest BCUT2D eigenvalue weighted by atomic mass is 10.2. The number of carboxylic acids is 1. The first-order valence-corrected chi connectivity index (χ1v) is 5.47. The number of ether oxygens (including phenoxy) is 1. The van der Waals surface area contributed by atoms with Crippen LogP contribution in [0.5, 0.6) is 5.75 Å². The molecule has 1 aromatic carbocycles. The first-order chi connectivity index (χ1) is 8.52. The van der Waals surface area contributed by atoms with E-state index in [-0.39, 0.29) is 5.69 Å². The van der Waals surface area contributed by atoms with Gasteiger partial charge in [0.1, 0.15) is 11.4 Å². The van der Waals surface area contributed by atoms with Gasteiger partial charge in [0, 0.05) is 11.8 Å². The van der Waals surface area contributed by atoms with Crippen LogP contribution in [0.1, 0.15) is 21.6 Å². The van der Waals surface area contributed by atoms with Crippen LogP contribution in [-0.2, 0) is 0 Å². The van der Waals surface area contributed by atoms with Gasteiger partial charge in [0.05, 0.1) is 7.11 Å². The molecule has 0 aliphatic carbocycles. The molecule has 0 aliphatic rings. The Hall–Kier alpha value is -2.30. The molecule has 0 fully saturated rings. The number of benzene rings is 1. The van der Waals surface area contributed by atoms with Gasteiger partial charge in [-0.15, -0.1) is 0 Å². The first kappa shape index (κ1) is 12.2. The van der Waals surface area contributed by atoms with E-state index in [0.29, 0.717) is 11.3 Å². The van der Waals surface area contributed by atoms with Crippen LogP contribution in [0.3, 0.4) is 0 Å². The maximum Gasteiger partial charge on any atom is 0.356 e. The quantitative estimate of drug-likeness (QED) is 0.901. The fourth-order valence-corrected chi connectivity index (χ4v) is 1.77. The molecule has 5 heteroatoms. The molecule has 0 spiro atoms. The summed E-state index contributed by atoms with van der Waals surface area (Å²) in [5.74, 6) is -0.377. The van der Waals surface area contributed by atoms with Crippen LogP contribution in [0.4, 0.5) is 0 Å². The van der Waals surface area contributed by atoms with Crippen LogP contribution < -0.4 is 4.74 Å². The number of aryl methyl sites for hydroxylation is 2. The van der Waals surface area contributed by atoms with Gasteiger partial charge in [-0.1, -0.05) is 6.07 Å². The zero-order valence-corrected chi connectivity index (χ0v) is 10.5. The molecule has 0 saturated carbocycles. The average Bonchev–Trinajstić information content (AvgIpc) is 2.71. The summed E-state index contributed by atoms with van der Waals surface area (Å²) in [6.07, 6.45) is 1.68. The zero-order valence-electron chi connectivity index (χ0n) is 10.5. The Morgan fingerprint density at radius 3 is 2.67 bits per heavy atom. The van der Waals surface area contributed by atoms with E-state index < -0.39 is 5.97 Å². The molecule has 1 aromatic heterocycles. The molecular weight excluding hydrogens is 232 g/mol. The molecule has 2 aromatic rings. The van der Waals surface area contributed by atoms with Crippen molar-refractivity contribution in [3.05, 3.63) is 41.2 Å². The van der Waals surface area contributed by atoms with Gasteiger partial charge >= 0.3 is 5.97 Å². The first-order valence-electron chi connectivity index (χ1n) is 5.47.